The van der Waals surface area contributed by atoms with Crippen LogP contribution in [0.15, 0.2) is 21.0 Å². The van der Waals surface area contributed by atoms with Crippen LogP contribution in [-0.4, -0.2) is 21.1 Å². The van der Waals surface area contributed by atoms with Crippen molar-refractivity contribution in [2.45, 2.75) is 51.7 Å². The molecule has 1 fully saturated rings. The highest BCUT2D eigenvalue weighted by atomic mass is 32.1. The van der Waals surface area contributed by atoms with Crippen molar-refractivity contribution in [3.63, 3.8) is 0 Å². The molecule has 118 valence electrons. The Bertz CT molecular complexity index is 814. The van der Waals surface area contributed by atoms with Crippen LogP contribution >= 0.6 is 11.3 Å². The number of unbranched alkanes of at least 4 members (excludes halogenated alkanes) is 1. The molecule has 0 aromatic carbocycles. The number of fused-ring (bicyclic) bond motifs is 1. The standard InChI is InChI=1S/C15H19N3O3S/c1-2-3-7-17-11-6-8-22-13(11)14(20)18(15(17)21)9-12(19)16-10-4-5-10/h6,8,10H,2-5,7,9H2,1H3,(H,16,19). The molecule has 1 aliphatic rings. The molecule has 3 rings (SSSR count). The Morgan fingerprint density at radius 2 is 2.14 bits per heavy atom. The summed E-state index contributed by atoms with van der Waals surface area (Å²) in [6, 6.07) is 2.02. The van der Waals surface area contributed by atoms with Crippen LogP contribution in [0.25, 0.3) is 10.2 Å². The maximum atomic E-state index is 12.6. The van der Waals surface area contributed by atoms with Crippen molar-refractivity contribution in [3.8, 4) is 0 Å². The molecule has 1 amide bonds. The number of rotatable bonds is 6. The second-order valence-corrected chi connectivity index (χ2v) is 6.57. The Balaban J connectivity index is 2.02. The van der Waals surface area contributed by atoms with E-state index in [0.29, 0.717) is 16.8 Å². The van der Waals surface area contributed by atoms with E-state index in [4.69, 9.17) is 0 Å². The highest BCUT2D eigenvalue weighted by molar-refractivity contribution is 7.17. The van der Waals surface area contributed by atoms with Crippen molar-refractivity contribution < 1.29 is 4.79 Å². The molecular weight excluding hydrogens is 302 g/mol. The second-order valence-electron chi connectivity index (χ2n) is 5.66. The molecule has 1 aliphatic carbocycles. The number of nitrogens with zero attached hydrogens (tertiary/aromatic N) is 2. The zero-order valence-electron chi connectivity index (χ0n) is 12.5. The van der Waals surface area contributed by atoms with E-state index in [2.05, 4.69) is 12.2 Å². The van der Waals surface area contributed by atoms with Gasteiger partial charge in [-0.25, -0.2) is 9.36 Å². The third-order valence-electron chi connectivity index (χ3n) is 3.82. The summed E-state index contributed by atoms with van der Waals surface area (Å²) in [4.78, 5) is 37.0. The monoisotopic (exact) mass is 321 g/mol. The molecule has 0 bridgehead atoms. The van der Waals surface area contributed by atoms with E-state index in [9.17, 15) is 14.4 Å². The number of nitrogens with one attached hydrogen (secondary N) is 1. The predicted octanol–water partition coefficient (Wildman–Crippen LogP) is 1.30. The molecule has 2 aromatic rings. The Morgan fingerprint density at radius 3 is 2.82 bits per heavy atom. The van der Waals surface area contributed by atoms with Crippen LogP contribution in [0.1, 0.15) is 32.6 Å². The van der Waals surface area contributed by atoms with E-state index < -0.39 is 5.69 Å². The predicted molar refractivity (Wildman–Crippen MR) is 86.4 cm³/mol. The normalized spacial score (nSPS) is 14.4. The highest BCUT2D eigenvalue weighted by Crippen LogP contribution is 2.18. The summed E-state index contributed by atoms with van der Waals surface area (Å²) < 4.78 is 3.21. The fourth-order valence-electron chi connectivity index (χ4n) is 2.45. The summed E-state index contributed by atoms with van der Waals surface area (Å²) in [7, 11) is 0. The number of aryl methyl sites for hydroxylation is 1. The van der Waals surface area contributed by atoms with Crippen LogP contribution in [0, 0.1) is 0 Å². The molecule has 0 atom stereocenters. The van der Waals surface area contributed by atoms with Crippen LogP contribution in [0.5, 0.6) is 0 Å². The zero-order chi connectivity index (χ0) is 15.7. The lowest BCUT2D eigenvalue weighted by atomic mass is 10.3. The summed E-state index contributed by atoms with van der Waals surface area (Å²) in [6.45, 7) is 2.41. The van der Waals surface area contributed by atoms with Gasteiger partial charge in [-0.05, 0) is 30.7 Å². The van der Waals surface area contributed by atoms with E-state index >= 15 is 0 Å². The molecule has 0 aliphatic heterocycles. The molecule has 0 saturated heterocycles. The van der Waals surface area contributed by atoms with Crippen LogP contribution in [0.4, 0.5) is 0 Å². The Kier molecular flexibility index (Phi) is 4.15. The first-order valence-electron chi connectivity index (χ1n) is 7.62. The van der Waals surface area contributed by atoms with Crippen LogP contribution in [-0.2, 0) is 17.9 Å². The fourth-order valence-corrected chi connectivity index (χ4v) is 3.29. The van der Waals surface area contributed by atoms with Gasteiger partial charge >= 0.3 is 5.69 Å². The fraction of sp³-hybridized carbons (Fsp3) is 0.533. The van der Waals surface area contributed by atoms with E-state index in [0.717, 1.165) is 30.3 Å². The minimum absolute atomic E-state index is 0.200. The second kappa shape index (κ2) is 6.08. The van der Waals surface area contributed by atoms with Gasteiger partial charge in [-0.3, -0.25) is 14.2 Å². The Morgan fingerprint density at radius 1 is 1.36 bits per heavy atom. The van der Waals surface area contributed by atoms with Crippen molar-refractivity contribution in [1.82, 2.24) is 14.5 Å². The summed E-state index contributed by atoms with van der Waals surface area (Å²) in [5, 5.41) is 4.63. The summed E-state index contributed by atoms with van der Waals surface area (Å²) in [6.07, 6.45) is 3.77. The first-order chi connectivity index (χ1) is 10.6. The van der Waals surface area contributed by atoms with E-state index in [1.54, 1.807) is 10.6 Å². The average molecular weight is 321 g/mol. The molecule has 0 unspecified atom stereocenters. The smallest absolute Gasteiger partial charge is 0.332 e. The summed E-state index contributed by atoms with van der Waals surface area (Å²) in [5.41, 5.74) is -0.0868. The molecule has 2 heterocycles. The van der Waals surface area contributed by atoms with E-state index in [1.165, 1.54) is 11.3 Å². The summed E-state index contributed by atoms with van der Waals surface area (Å²) in [5.74, 6) is -0.264. The molecule has 1 N–H and O–H groups in total. The van der Waals surface area contributed by atoms with Gasteiger partial charge in [-0.15, -0.1) is 11.3 Å². The van der Waals surface area contributed by atoms with Gasteiger partial charge in [0.05, 0.1) is 5.52 Å². The zero-order valence-corrected chi connectivity index (χ0v) is 13.3. The van der Waals surface area contributed by atoms with E-state index in [-0.39, 0.29) is 24.1 Å². The number of hydrogen-bond acceptors (Lipinski definition) is 4. The number of carbonyl (C=O) groups is 1. The van der Waals surface area contributed by atoms with Gasteiger partial charge in [0.25, 0.3) is 5.56 Å². The SMILES string of the molecule is CCCCn1c(=O)n(CC(=O)NC2CC2)c(=O)c2sccc21. The van der Waals surface area contributed by atoms with Crippen LogP contribution in [0.3, 0.4) is 0 Å². The molecule has 22 heavy (non-hydrogen) atoms. The molecule has 7 heteroatoms. The lowest BCUT2D eigenvalue weighted by Gasteiger charge is -2.11. The lowest BCUT2D eigenvalue weighted by Crippen LogP contribution is -2.43. The minimum atomic E-state index is -0.393. The van der Waals surface area contributed by atoms with Crippen molar-refractivity contribution >= 4 is 27.5 Å². The average Bonchev–Trinajstić information content (AvgIpc) is 3.16. The van der Waals surface area contributed by atoms with Gasteiger partial charge in [0.2, 0.25) is 5.91 Å². The van der Waals surface area contributed by atoms with Gasteiger partial charge in [0.1, 0.15) is 11.2 Å². The van der Waals surface area contributed by atoms with Crippen molar-refractivity contribution in [2.75, 3.05) is 0 Å². The topological polar surface area (TPSA) is 73.1 Å². The molecule has 0 radical (unpaired) electrons. The first kappa shape index (κ1) is 15.0. The van der Waals surface area contributed by atoms with Crippen molar-refractivity contribution in [2.24, 2.45) is 0 Å². The largest absolute Gasteiger partial charge is 0.352 e. The lowest BCUT2D eigenvalue weighted by molar-refractivity contribution is -0.121. The Labute approximate surface area is 131 Å². The first-order valence-corrected chi connectivity index (χ1v) is 8.50. The molecular formula is C15H19N3O3S. The third kappa shape index (κ3) is 2.85. The Hall–Kier alpha value is -1.89. The van der Waals surface area contributed by atoms with Gasteiger partial charge in [0.15, 0.2) is 0 Å². The highest BCUT2D eigenvalue weighted by Gasteiger charge is 2.24. The van der Waals surface area contributed by atoms with Crippen molar-refractivity contribution in [3.05, 3.63) is 32.3 Å². The molecule has 1 saturated carbocycles. The number of amides is 1. The van der Waals surface area contributed by atoms with Crippen LogP contribution < -0.4 is 16.6 Å². The van der Waals surface area contributed by atoms with Crippen LogP contribution in [0.2, 0.25) is 0 Å². The van der Waals surface area contributed by atoms with Gasteiger partial charge in [-0.2, -0.15) is 0 Å². The van der Waals surface area contributed by atoms with Gasteiger partial charge in [-0.1, -0.05) is 13.3 Å². The minimum Gasteiger partial charge on any atom is -0.352 e. The van der Waals surface area contributed by atoms with Crippen molar-refractivity contribution in [1.29, 1.82) is 0 Å². The van der Waals surface area contributed by atoms with Gasteiger partial charge in [0, 0.05) is 12.6 Å². The molecule has 2 aromatic heterocycles. The maximum Gasteiger partial charge on any atom is 0.332 e. The number of carbonyl (C=O) groups excluding carboxylic acids is 1. The maximum absolute atomic E-state index is 12.6. The number of aromatic nitrogens is 2. The molecule has 6 nitrogen and oxygen atoms in total. The summed E-state index contributed by atoms with van der Waals surface area (Å²) >= 11 is 1.31. The number of thiophene rings is 1. The van der Waals surface area contributed by atoms with Gasteiger partial charge < -0.3 is 5.32 Å². The number of hydrogen-bond donors (Lipinski definition) is 1. The quantitative estimate of drug-likeness (QED) is 0.871. The third-order valence-corrected chi connectivity index (χ3v) is 4.71. The molecule has 0 spiro atoms. The van der Waals surface area contributed by atoms with E-state index in [1.807, 2.05) is 5.38 Å².